The monoisotopic (exact) mass is 455 g/mol. The number of carboxylic acid groups (broad SMARTS) is 1. The Hall–Kier alpha value is -4.18. The van der Waals surface area contributed by atoms with E-state index < -0.39 is 22.8 Å². The van der Waals surface area contributed by atoms with Crippen molar-refractivity contribution in [2.75, 3.05) is 6.61 Å². The molecule has 10 nitrogen and oxygen atoms in total. The number of phenolic OH excluding ortho intramolecular Hbond substituents is 1. The second-order valence-corrected chi connectivity index (χ2v) is 7.33. The van der Waals surface area contributed by atoms with Gasteiger partial charge in [-0.25, -0.2) is 4.79 Å². The summed E-state index contributed by atoms with van der Waals surface area (Å²) < 4.78 is 5.41. The Morgan fingerprint density at radius 2 is 1.73 bits per heavy atom. The van der Waals surface area contributed by atoms with Gasteiger partial charge >= 0.3 is 5.97 Å². The Labute approximate surface area is 189 Å². The van der Waals surface area contributed by atoms with E-state index in [4.69, 9.17) is 4.74 Å². The molecule has 0 aliphatic carbocycles. The third-order valence-electron chi connectivity index (χ3n) is 5.17. The van der Waals surface area contributed by atoms with Crippen molar-refractivity contribution < 1.29 is 34.9 Å². The first-order valence-corrected chi connectivity index (χ1v) is 9.78. The predicted octanol–water partition coefficient (Wildman–Crippen LogP) is 1.25. The van der Waals surface area contributed by atoms with Crippen molar-refractivity contribution in [1.82, 2.24) is 5.32 Å². The number of hydrogen-bond donors (Lipinski definition) is 2. The lowest BCUT2D eigenvalue weighted by Crippen LogP contribution is -2.37. The van der Waals surface area contributed by atoms with Crippen LogP contribution < -0.4 is 10.4 Å². The average Bonchev–Trinajstić information content (AvgIpc) is 2.74. The number of carbonyl (C=O) groups excluding carboxylic acids is 2. The lowest BCUT2D eigenvalue weighted by molar-refractivity contribution is -0.384. The number of nitrogens with one attached hydrogen (secondary N) is 1. The summed E-state index contributed by atoms with van der Waals surface area (Å²) in [5.41, 5.74) is 1.39. The van der Waals surface area contributed by atoms with E-state index in [-0.39, 0.29) is 45.9 Å². The number of rotatable bonds is 7. The van der Waals surface area contributed by atoms with E-state index >= 15 is 0 Å². The number of nitro benzene ring substituents is 1. The normalized spacial score (nSPS) is 15.4. The maximum atomic E-state index is 13.0. The summed E-state index contributed by atoms with van der Waals surface area (Å²) >= 11 is 0. The second kappa shape index (κ2) is 10.4. The zero-order valence-electron chi connectivity index (χ0n) is 18.0. The molecule has 0 aromatic heterocycles. The van der Waals surface area contributed by atoms with E-state index in [0.29, 0.717) is 12.1 Å². The Kier molecular flexibility index (Phi) is 7.92. The zero-order chi connectivity index (χ0) is 23.4. The van der Waals surface area contributed by atoms with E-state index in [2.05, 4.69) is 5.32 Å². The van der Waals surface area contributed by atoms with E-state index in [1.165, 1.54) is 43.3 Å². The molecule has 0 bridgehead atoms. The number of esters is 1. The average molecular weight is 455 g/mol. The molecule has 0 spiro atoms. The summed E-state index contributed by atoms with van der Waals surface area (Å²) in [6, 6.07) is 11.9. The number of benzene rings is 2. The van der Waals surface area contributed by atoms with Crippen molar-refractivity contribution in [1.29, 1.82) is 0 Å². The number of nitro groups is 1. The van der Waals surface area contributed by atoms with Crippen LogP contribution in [0.15, 0.2) is 71.1 Å². The highest BCUT2D eigenvalue weighted by Gasteiger charge is 2.35. The van der Waals surface area contributed by atoms with Gasteiger partial charge in [-0.2, -0.15) is 0 Å². The van der Waals surface area contributed by atoms with Crippen LogP contribution >= 0.6 is 0 Å². The number of carboxylic acids is 1. The molecule has 1 aliphatic heterocycles. The number of non-ortho nitro benzene ring substituents is 1. The van der Waals surface area contributed by atoms with Gasteiger partial charge in [0.05, 0.1) is 23.1 Å². The number of allylic oxidation sites excluding steroid dienone is 2. The topological polar surface area (TPSA) is 173 Å². The molecular weight excluding hydrogens is 432 g/mol. The molecule has 0 amide bonds. The molecular formula is C23H23N2O8-. The first-order valence-electron chi connectivity index (χ1n) is 9.78. The molecule has 0 radical (unpaired) electrons. The van der Waals surface area contributed by atoms with Crippen LogP contribution in [-0.4, -0.2) is 34.1 Å². The first kappa shape index (κ1) is 25.1. The Morgan fingerprint density at radius 1 is 1.09 bits per heavy atom. The molecule has 33 heavy (non-hydrogen) atoms. The van der Waals surface area contributed by atoms with Crippen LogP contribution in [0.1, 0.15) is 30.9 Å². The van der Waals surface area contributed by atoms with Gasteiger partial charge in [0.15, 0.2) is 0 Å². The van der Waals surface area contributed by atoms with Crippen molar-refractivity contribution in [3.05, 3.63) is 92.3 Å². The summed E-state index contributed by atoms with van der Waals surface area (Å²) in [5, 5.41) is 35.4. The molecule has 1 aliphatic rings. The number of dihydropyridines is 1. The van der Waals surface area contributed by atoms with Gasteiger partial charge in [-0.15, -0.1) is 0 Å². The number of hydrogen-bond acceptors (Lipinski definition) is 8. The Morgan fingerprint density at radius 3 is 2.33 bits per heavy atom. The van der Waals surface area contributed by atoms with Crippen LogP contribution in [-0.2, 0) is 20.7 Å². The zero-order valence-corrected chi connectivity index (χ0v) is 18.0. The van der Waals surface area contributed by atoms with Crippen LogP contribution in [0.4, 0.5) is 5.69 Å². The molecule has 2 aromatic carbocycles. The van der Waals surface area contributed by atoms with Gasteiger partial charge < -0.3 is 30.5 Å². The highest BCUT2D eigenvalue weighted by Crippen LogP contribution is 2.39. The maximum Gasteiger partial charge on any atom is 0.336 e. The van der Waals surface area contributed by atoms with Gasteiger partial charge in [-0.05, 0) is 37.1 Å². The van der Waals surface area contributed by atoms with E-state index in [0.717, 1.165) is 5.56 Å². The lowest BCUT2D eigenvalue weighted by Gasteiger charge is -2.32. The van der Waals surface area contributed by atoms with E-state index in [1.807, 2.05) is 0 Å². The maximum absolute atomic E-state index is 13.0. The second-order valence-electron chi connectivity index (χ2n) is 7.33. The highest BCUT2D eigenvalue weighted by molar-refractivity contribution is 5.98. The summed E-state index contributed by atoms with van der Waals surface area (Å²) in [6.07, 6.45) is 0.384. The van der Waals surface area contributed by atoms with Gasteiger partial charge in [-0.3, -0.25) is 10.1 Å². The molecule has 4 N–H and O–H groups in total. The molecule has 1 heterocycles. The fourth-order valence-corrected chi connectivity index (χ4v) is 3.69. The third kappa shape index (κ3) is 5.55. The van der Waals surface area contributed by atoms with Gasteiger partial charge in [0.25, 0.3) is 5.69 Å². The molecule has 1 atom stereocenters. The third-order valence-corrected chi connectivity index (χ3v) is 5.17. The SMILES string of the molecule is CC1=C(C(=O)[O-])C(c2cccc([N+](=O)[O-])c2)C(C(=O)OCCc2ccc(O)cc2)=C(C)N1.O. The van der Waals surface area contributed by atoms with Crippen LogP contribution in [0.5, 0.6) is 5.75 Å². The minimum atomic E-state index is -1.49. The molecule has 10 heteroatoms. The van der Waals surface area contributed by atoms with Gasteiger partial charge in [0.1, 0.15) is 5.75 Å². The number of carbonyl (C=O) groups is 2. The molecule has 2 aromatic rings. The van der Waals surface area contributed by atoms with Crippen molar-refractivity contribution in [3.63, 3.8) is 0 Å². The number of phenols is 1. The Balaban J connectivity index is 0.00000385. The molecule has 3 rings (SSSR count). The smallest absolute Gasteiger partial charge is 0.336 e. The molecule has 1 unspecified atom stereocenters. The standard InChI is InChI=1S/C23H22N2O7.H2O/c1-13-19(22(27)28)21(16-4-3-5-17(12-16)25(30)31)20(14(2)24-13)23(29)32-11-10-15-6-8-18(26)9-7-15;/h3-9,12,21,24,26H,10-11H2,1-2H3,(H,27,28);1H2/p-1. The van der Waals surface area contributed by atoms with Crippen LogP contribution in [0.25, 0.3) is 0 Å². The quantitative estimate of drug-likeness (QED) is 0.356. The summed E-state index contributed by atoms with van der Waals surface area (Å²) in [6.45, 7) is 3.16. The van der Waals surface area contributed by atoms with E-state index in [1.54, 1.807) is 19.1 Å². The van der Waals surface area contributed by atoms with Crippen LogP contribution in [0.3, 0.4) is 0 Å². The van der Waals surface area contributed by atoms with E-state index in [9.17, 15) is 29.9 Å². The van der Waals surface area contributed by atoms with Crippen LogP contribution in [0, 0.1) is 10.1 Å². The fraction of sp³-hybridized carbons (Fsp3) is 0.217. The lowest BCUT2D eigenvalue weighted by atomic mass is 9.80. The minimum Gasteiger partial charge on any atom is -0.545 e. The molecule has 174 valence electrons. The number of ether oxygens (including phenoxy) is 1. The Bertz CT molecular complexity index is 1140. The van der Waals surface area contributed by atoms with Gasteiger partial charge in [-0.1, -0.05) is 24.3 Å². The summed E-state index contributed by atoms with van der Waals surface area (Å²) in [7, 11) is 0. The van der Waals surface area contributed by atoms with Crippen LogP contribution in [0.2, 0.25) is 0 Å². The predicted molar refractivity (Wildman–Crippen MR) is 116 cm³/mol. The largest absolute Gasteiger partial charge is 0.545 e. The van der Waals surface area contributed by atoms with Crippen molar-refractivity contribution in [2.45, 2.75) is 26.2 Å². The van der Waals surface area contributed by atoms with Crippen molar-refractivity contribution in [3.8, 4) is 5.75 Å². The van der Waals surface area contributed by atoms with Gasteiger partial charge in [0.2, 0.25) is 0 Å². The highest BCUT2D eigenvalue weighted by atomic mass is 16.6. The molecule has 0 saturated carbocycles. The number of nitrogens with zero attached hydrogens (tertiary/aromatic N) is 1. The van der Waals surface area contributed by atoms with Gasteiger partial charge in [0, 0.05) is 41.4 Å². The fourth-order valence-electron chi connectivity index (χ4n) is 3.69. The first-order chi connectivity index (χ1) is 15.2. The number of aromatic hydroxyl groups is 1. The summed E-state index contributed by atoms with van der Waals surface area (Å²) in [5.74, 6) is -3.20. The molecule has 0 saturated heterocycles. The van der Waals surface area contributed by atoms with Crippen molar-refractivity contribution >= 4 is 17.6 Å². The minimum absolute atomic E-state index is 0. The number of aliphatic carboxylic acids is 1. The van der Waals surface area contributed by atoms with Crippen molar-refractivity contribution in [2.24, 2.45) is 0 Å². The molecule has 0 fully saturated rings. The summed E-state index contributed by atoms with van der Waals surface area (Å²) in [4.78, 5) is 35.6.